The zero-order valence-electron chi connectivity index (χ0n) is 17.0. The number of anilines is 1. The third-order valence-electron chi connectivity index (χ3n) is 4.48. The molecule has 0 aliphatic heterocycles. The Hall–Kier alpha value is -3.39. The van der Waals surface area contributed by atoms with Gasteiger partial charge in [-0.25, -0.2) is 12.8 Å². The minimum Gasteiger partial charge on any atom is -0.494 e. The number of hydrogen-bond donors (Lipinski definition) is 1. The Balaban J connectivity index is 1.60. The molecular formula is C23H23FN2O4S. The molecule has 6 nitrogen and oxygen atoms in total. The Morgan fingerprint density at radius 3 is 2.42 bits per heavy atom. The first-order valence-electron chi connectivity index (χ1n) is 9.67. The number of benzene rings is 3. The Kier molecular flexibility index (Phi) is 7.25. The summed E-state index contributed by atoms with van der Waals surface area (Å²) < 4.78 is 46.3. The van der Waals surface area contributed by atoms with Crippen LogP contribution in [0.1, 0.15) is 16.8 Å². The number of amides is 1. The molecule has 162 valence electrons. The van der Waals surface area contributed by atoms with Crippen LogP contribution in [0.5, 0.6) is 5.75 Å². The Morgan fingerprint density at radius 2 is 1.71 bits per heavy atom. The van der Waals surface area contributed by atoms with Crippen LogP contribution in [0.25, 0.3) is 0 Å². The molecule has 0 unspecified atom stereocenters. The second-order valence-electron chi connectivity index (χ2n) is 6.88. The van der Waals surface area contributed by atoms with Crippen molar-refractivity contribution in [2.45, 2.75) is 11.3 Å². The van der Waals surface area contributed by atoms with E-state index >= 15 is 0 Å². The summed E-state index contributed by atoms with van der Waals surface area (Å²) in [6, 6.07) is 20.2. The van der Waals surface area contributed by atoms with Gasteiger partial charge in [-0.3, -0.25) is 9.52 Å². The van der Waals surface area contributed by atoms with Crippen LogP contribution in [0.15, 0.2) is 83.8 Å². The van der Waals surface area contributed by atoms with E-state index in [1.54, 1.807) is 13.1 Å². The van der Waals surface area contributed by atoms with E-state index in [1.165, 1.54) is 35.2 Å². The van der Waals surface area contributed by atoms with E-state index in [-0.39, 0.29) is 22.1 Å². The molecule has 0 saturated carbocycles. The smallest absolute Gasteiger partial charge is 0.261 e. The van der Waals surface area contributed by atoms with Crippen molar-refractivity contribution in [3.05, 3.63) is 90.2 Å². The second kappa shape index (κ2) is 10.1. The van der Waals surface area contributed by atoms with E-state index < -0.39 is 15.8 Å². The van der Waals surface area contributed by atoms with E-state index in [1.807, 2.05) is 30.3 Å². The van der Waals surface area contributed by atoms with Gasteiger partial charge in [0.25, 0.3) is 15.9 Å². The van der Waals surface area contributed by atoms with Crippen molar-refractivity contribution in [3.63, 3.8) is 0 Å². The molecule has 3 aromatic carbocycles. The molecule has 0 spiro atoms. The predicted molar refractivity (Wildman–Crippen MR) is 117 cm³/mol. The van der Waals surface area contributed by atoms with Crippen molar-refractivity contribution in [2.75, 3.05) is 24.9 Å². The summed E-state index contributed by atoms with van der Waals surface area (Å²) >= 11 is 0. The Morgan fingerprint density at radius 1 is 1.00 bits per heavy atom. The molecule has 1 amide bonds. The molecule has 0 aromatic heterocycles. The van der Waals surface area contributed by atoms with Gasteiger partial charge in [-0.2, -0.15) is 0 Å². The summed E-state index contributed by atoms with van der Waals surface area (Å²) in [6.45, 7) is 0.911. The molecule has 0 aliphatic rings. The topological polar surface area (TPSA) is 75.7 Å². The van der Waals surface area contributed by atoms with Crippen molar-refractivity contribution in [2.24, 2.45) is 0 Å². The zero-order chi connectivity index (χ0) is 22.3. The summed E-state index contributed by atoms with van der Waals surface area (Å²) in [6.07, 6.45) is 0.626. The van der Waals surface area contributed by atoms with Crippen molar-refractivity contribution >= 4 is 21.6 Å². The van der Waals surface area contributed by atoms with E-state index in [0.717, 1.165) is 17.9 Å². The van der Waals surface area contributed by atoms with E-state index in [4.69, 9.17) is 4.74 Å². The van der Waals surface area contributed by atoms with Gasteiger partial charge in [0.15, 0.2) is 0 Å². The minimum atomic E-state index is -3.92. The molecule has 3 rings (SSSR count). The molecule has 31 heavy (non-hydrogen) atoms. The highest BCUT2D eigenvalue weighted by molar-refractivity contribution is 7.92. The first-order chi connectivity index (χ1) is 14.8. The molecule has 0 saturated heterocycles. The number of halogens is 1. The predicted octanol–water partition coefficient (Wildman–Crippen LogP) is 4.17. The maximum Gasteiger partial charge on any atom is 0.261 e. The highest BCUT2D eigenvalue weighted by Gasteiger charge is 2.18. The van der Waals surface area contributed by atoms with Crippen molar-refractivity contribution in [3.8, 4) is 5.75 Å². The third-order valence-corrected chi connectivity index (χ3v) is 5.86. The van der Waals surface area contributed by atoms with Gasteiger partial charge in [-0.05, 0) is 61.0 Å². The van der Waals surface area contributed by atoms with Crippen molar-refractivity contribution in [1.82, 2.24) is 4.90 Å². The molecule has 0 radical (unpaired) electrons. The largest absolute Gasteiger partial charge is 0.494 e. The van der Waals surface area contributed by atoms with Crippen LogP contribution < -0.4 is 9.46 Å². The molecule has 1 N–H and O–H groups in total. The van der Waals surface area contributed by atoms with Crippen LogP contribution in [-0.2, 0) is 10.0 Å². The Labute approximate surface area is 181 Å². The van der Waals surface area contributed by atoms with Gasteiger partial charge in [-0.1, -0.05) is 24.3 Å². The quantitative estimate of drug-likeness (QED) is 0.505. The second-order valence-corrected chi connectivity index (χ2v) is 8.56. The van der Waals surface area contributed by atoms with Gasteiger partial charge in [0, 0.05) is 24.8 Å². The summed E-state index contributed by atoms with van der Waals surface area (Å²) in [4.78, 5) is 14.2. The number of rotatable bonds is 9. The van der Waals surface area contributed by atoms with Crippen LogP contribution in [0, 0.1) is 5.82 Å². The maximum atomic E-state index is 13.0. The van der Waals surface area contributed by atoms with Gasteiger partial charge in [-0.15, -0.1) is 0 Å². The molecule has 0 aliphatic carbocycles. The first kappa shape index (κ1) is 22.3. The van der Waals surface area contributed by atoms with Gasteiger partial charge in [0.05, 0.1) is 11.5 Å². The number of hydrogen-bond acceptors (Lipinski definition) is 4. The molecule has 0 heterocycles. The van der Waals surface area contributed by atoms with Crippen LogP contribution in [0.4, 0.5) is 10.1 Å². The number of nitrogens with zero attached hydrogens (tertiary/aromatic N) is 1. The molecular weight excluding hydrogens is 419 g/mol. The van der Waals surface area contributed by atoms with Crippen molar-refractivity contribution in [1.29, 1.82) is 0 Å². The van der Waals surface area contributed by atoms with Crippen molar-refractivity contribution < 1.29 is 22.3 Å². The fourth-order valence-corrected chi connectivity index (χ4v) is 3.96. The Bertz CT molecular complexity index is 1120. The molecule has 0 atom stereocenters. The van der Waals surface area contributed by atoms with Gasteiger partial charge in [0.1, 0.15) is 11.6 Å². The van der Waals surface area contributed by atoms with Crippen LogP contribution in [0.3, 0.4) is 0 Å². The standard InChI is InChI=1S/C23H23FN2O4S/c1-26(15-6-16-30-21-8-3-2-4-9-21)23(27)18-7-5-10-22(17-18)31(28,29)25-20-13-11-19(24)12-14-20/h2-5,7-14,17,25H,6,15-16H2,1H3. The van der Waals surface area contributed by atoms with Crippen LogP contribution in [0.2, 0.25) is 0 Å². The molecule has 3 aromatic rings. The number of ether oxygens (including phenoxy) is 1. The summed E-state index contributed by atoms with van der Waals surface area (Å²) in [7, 11) is -2.27. The molecule has 0 bridgehead atoms. The zero-order valence-corrected chi connectivity index (χ0v) is 17.8. The first-order valence-corrected chi connectivity index (χ1v) is 11.2. The van der Waals surface area contributed by atoms with Crippen LogP contribution in [-0.4, -0.2) is 39.4 Å². The lowest BCUT2D eigenvalue weighted by Crippen LogP contribution is -2.29. The number of para-hydroxylation sites is 1. The molecule has 0 fully saturated rings. The third kappa shape index (κ3) is 6.29. The monoisotopic (exact) mass is 442 g/mol. The van der Waals surface area contributed by atoms with E-state index in [0.29, 0.717) is 19.6 Å². The van der Waals surface area contributed by atoms with Gasteiger partial charge >= 0.3 is 0 Å². The number of carbonyl (C=O) groups is 1. The average Bonchev–Trinajstić information content (AvgIpc) is 2.78. The SMILES string of the molecule is CN(CCCOc1ccccc1)C(=O)c1cccc(S(=O)(=O)Nc2ccc(F)cc2)c1. The fourth-order valence-electron chi connectivity index (χ4n) is 2.86. The van der Waals surface area contributed by atoms with Crippen LogP contribution >= 0.6 is 0 Å². The average molecular weight is 443 g/mol. The summed E-state index contributed by atoms with van der Waals surface area (Å²) in [5.74, 6) is 0.00864. The van der Waals surface area contributed by atoms with E-state index in [2.05, 4.69) is 4.72 Å². The van der Waals surface area contributed by atoms with Gasteiger partial charge in [0.2, 0.25) is 0 Å². The normalized spacial score (nSPS) is 11.0. The lowest BCUT2D eigenvalue weighted by molar-refractivity contribution is 0.0787. The van der Waals surface area contributed by atoms with Gasteiger partial charge < -0.3 is 9.64 Å². The number of carbonyl (C=O) groups excluding carboxylic acids is 1. The fraction of sp³-hybridized carbons (Fsp3) is 0.174. The molecule has 8 heteroatoms. The summed E-state index contributed by atoms with van der Waals surface area (Å²) in [5.41, 5.74) is 0.488. The van der Waals surface area contributed by atoms with E-state index in [9.17, 15) is 17.6 Å². The lowest BCUT2D eigenvalue weighted by atomic mass is 10.2. The number of sulfonamides is 1. The lowest BCUT2D eigenvalue weighted by Gasteiger charge is -2.18. The minimum absolute atomic E-state index is 0.0523. The maximum absolute atomic E-state index is 13.0. The highest BCUT2D eigenvalue weighted by atomic mass is 32.2. The summed E-state index contributed by atoms with van der Waals surface area (Å²) in [5, 5.41) is 0. The highest BCUT2D eigenvalue weighted by Crippen LogP contribution is 2.18. The number of nitrogens with one attached hydrogen (secondary N) is 1.